The highest BCUT2D eigenvalue weighted by Crippen LogP contribution is 2.32. The Bertz CT molecular complexity index is 1250. The number of hydrogen-bond donors (Lipinski definition) is 1. The monoisotopic (exact) mass is 364 g/mol. The molecule has 27 heavy (non-hydrogen) atoms. The summed E-state index contributed by atoms with van der Waals surface area (Å²) in [6.45, 7) is 1.86. The number of H-pyrrole nitrogens is 1. The molecule has 0 saturated carbocycles. The maximum atomic E-state index is 14.3. The minimum Gasteiger partial charge on any atom is -0.618 e. The Labute approximate surface area is 152 Å². The first-order valence-corrected chi connectivity index (χ1v) is 8.26. The van der Waals surface area contributed by atoms with Crippen LogP contribution in [0.25, 0.3) is 33.3 Å². The van der Waals surface area contributed by atoms with E-state index < -0.39 is 17.2 Å². The number of fused-ring (bicyclic) bond motifs is 1. The summed E-state index contributed by atoms with van der Waals surface area (Å²) in [5.74, 6) is -1.48. The maximum absolute atomic E-state index is 14.3. The van der Waals surface area contributed by atoms with Crippen LogP contribution in [0.5, 0.6) is 0 Å². The molecule has 1 N–H and O–H groups in total. The van der Waals surface area contributed by atoms with Gasteiger partial charge in [0.15, 0.2) is 6.20 Å². The predicted molar refractivity (Wildman–Crippen MR) is 99.1 cm³/mol. The van der Waals surface area contributed by atoms with Crippen LogP contribution in [0.2, 0.25) is 0 Å². The molecule has 0 fully saturated rings. The topological polar surface area (TPSA) is 59.8 Å². The van der Waals surface area contributed by atoms with E-state index in [4.69, 9.17) is 0 Å². The summed E-state index contributed by atoms with van der Waals surface area (Å²) in [5.41, 5.74) is 1.98. The second-order valence-corrected chi connectivity index (χ2v) is 6.27. The highest BCUT2D eigenvalue weighted by molar-refractivity contribution is 5.99. The van der Waals surface area contributed by atoms with Gasteiger partial charge in [-0.1, -0.05) is 18.2 Å². The molecule has 6 heteroatoms. The van der Waals surface area contributed by atoms with Gasteiger partial charge in [-0.05, 0) is 36.2 Å². The molecular formula is C21H14F2N2O2. The smallest absolute Gasteiger partial charge is 0.249 e. The lowest BCUT2D eigenvalue weighted by atomic mass is 9.98. The minimum absolute atomic E-state index is 0.0897. The number of pyridine rings is 2. The molecule has 0 aliphatic carbocycles. The van der Waals surface area contributed by atoms with E-state index in [9.17, 15) is 18.8 Å². The molecule has 4 aromatic rings. The Hall–Kier alpha value is -3.54. The van der Waals surface area contributed by atoms with Crippen LogP contribution in [-0.2, 0) is 0 Å². The van der Waals surface area contributed by atoms with Crippen molar-refractivity contribution in [2.75, 3.05) is 0 Å². The molecule has 4 nitrogen and oxygen atoms in total. The van der Waals surface area contributed by atoms with Crippen LogP contribution in [-0.4, -0.2) is 4.98 Å². The number of nitrogens with one attached hydrogen (secondary N) is 1. The summed E-state index contributed by atoms with van der Waals surface area (Å²) < 4.78 is 28.3. The zero-order chi connectivity index (χ0) is 19.1. The average Bonchev–Trinajstić information content (AvgIpc) is 2.62. The van der Waals surface area contributed by atoms with Crippen molar-refractivity contribution in [3.8, 4) is 22.4 Å². The predicted octanol–water partition coefficient (Wildman–Crippen LogP) is 4.08. The SMILES string of the molecule is Cc1ccccc1-c1c2[nH]c(=O)cc(-c3ccc(F)cc3F)c2cc[n+]1[O-]. The Morgan fingerprint density at radius 1 is 0.963 bits per heavy atom. The van der Waals surface area contributed by atoms with Crippen LogP contribution in [0.4, 0.5) is 8.78 Å². The van der Waals surface area contributed by atoms with Crippen LogP contribution in [0.1, 0.15) is 5.56 Å². The molecule has 134 valence electrons. The Kier molecular flexibility index (Phi) is 3.96. The van der Waals surface area contributed by atoms with Crippen molar-refractivity contribution in [1.82, 2.24) is 4.98 Å². The van der Waals surface area contributed by atoms with Crippen LogP contribution >= 0.6 is 0 Å². The fraction of sp³-hybridized carbons (Fsp3) is 0.0476. The van der Waals surface area contributed by atoms with E-state index in [2.05, 4.69) is 4.98 Å². The van der Waals surface area contributed by atoms with Crippen LogP contribution in [0.15, 0.2) is 65.6 Å². The number of benzene rings is 2. The summed E-state index contributed by atoms with van der Waals surface area (Å²) in [7, 11) is 0. The van der Waals surface area contributed by atoms with Crippen LogP contribution in [0, 0.1) is 23.8 Å². The number of aromatic nitrogens is 2. The van der Waals surface area contributed by atoms with Gasteiger partial charge in [-0.15, -0.1) is 0 Å². The highest BCUT2D eigenvalue weighted by atomic mass is 19.1. The van der Waals surface area contributed by atoms with Crippen molar-refractivity contribution < 1.29 is 13.5 Å². The van der Waals surface area contributed by atoms with Crippen molar-refractivity contribution in [2.45, 2.75) is 6.92 Å². The third kappa shape index (κ3) is 2.85. The van der Waals surface area contributed by atoms with Gasteiger partial charge in [0.05, 0.1) is 5.56 Å². The molecule has 0 spiro atoms. The van der Waals surface area contributed by atoms with E-state index in [-0.39, 0.29) is 11.3 Å². The first-order chi connectivity index (χ1) is 13.0. The fourth-order valence-corrected chi connectivity index (χ4v) is 3.28. The number of halogens is 2. The third-order valence-corrected chi connectivity index (χ3v) is 4.54. The molecule has 0 atom stereocenters. The normalized spacial score (nSPS) is 11.1. The Morgan fingerprint density at radius 3 is 2.48 bits per heavy atom. The van der Waals surface area contributed by atoms with E-state index in [1.807, 2.05) is 19.1 Å². The fourth-order valence-electron chi connectivity index (χ4n) is 3.28. The number of aromatic amines is 1. The lowest BCUT2D eigenvalue weighted by Gasteiger charge is -2.12. The molecule has 0 unspecified atom stereocenters. The number of rotatable bonds is 2. The summed E-state index contributed by atoms with van der Waals surface area (Å²) in [4.78, 5) is 15.0. The van der Waals surface area contributed by atoms with Gasteiger partial charge in [0.1, 0.15) is 17.2 Å². The molecule has 2 heterocycles. The standard InChI is InChI=1S/C21H14F2N2O2/c1-12-4-2-3-5-14(12)21-20-16(8-9-25(21)27)17(11-19(26)24-20)15-7-6-13(22)10-18(15)23/h2-11H,1H3,(H,24,26). The van der Waals surface area contributed by atoms with Crippen molar-refractivity contribution in [3.05, 3.63) is 93.6 Å². The van der Waals surface area contributed by atoms with Gasteiger partial charge in [0.2, 0.25) is 11.3 Å². The molecule has 0 aliphatic rings. The zero-order valence-corrected chi connectivity index (χ0v) is 14.3. The summed E-state index contributed by atoms with van der Waals surface area (Å²) in [6, 6.07) is 13.2. The van der Waals surface area contributed by atoms with E-state index in [1.165, 1.54) is 24.4 Å². The minimum atomic E-state index is -0.779. The molecule has 2 aromatic carbocycles. The van der Waals surface area contributed by atoms with Gasteiger partial charge in [-0.3, -0.25) is 4.79 Å². The lowest BCUT2D eigenvalue weighted by Crippen LogP contribution is -2.29. The van der Waals surface area contributed by atoms with Crippen molar-refractivity contribution >= 4 is 10.9 Å². The summed E-state index contributed by atoms with van der Waals surface area (Å²) in [6.07, 6.45) is 1.31. The van der Waals surface area contributed by atoms with Crippen molar-refractivity contribution in [1.29, 1.82) is 0 Å². The maximum Gasteiger partial charge on any atom is 0.249 e. The van der Waals surface area contributed by atoms with Gasteiger partial charge in [-0.25, -0.2) is 8.78 Å². The van der Waals surface area contributed by atoms with Gasteiger partial charge in [0, 0.05) is 29.1 Å². The first kappa shape index (κ1) is 16.9. The molecule has 2 aromatic heterocycles. The van der Waals surface area contributed by atoms with Gasteiger partial charge < -0.3 is 10.2 Å². The molecule has 0 bridgehead atoms. The number of hydrogen-bond acceptors (Lipinski definition) is 2. The van der Waals surface area contributed by atoms with Crippen molar-refractivity contribution in [2.24, 2.45) is 0 Å². The largest absolute Gasteiger partial charge is 0.618 e. The number of aryl methyl sites for hydroxylation is 1. The highest BCUT2D eigenvalue weighted by Gasteiger charge is 2.20. The van der Waals surface area contributed by atoms with Crippen LogP contribution < -0.4 is 10.3 Å². The van der Waals surface area contributed by atoms with Gasteiger partial charge in [0.25, 0.3) is 0 Å². The Balaban J connectivity index is 2.12. The van der Waals surface area contributed by atoms with Crippen molar-refractivity contribution in [3.63, 3.8) is 0 Å². The summed E-state index contributed by atoms with van der Waals surface area (Å²) >= 11 is 0. The van der Waals surface area contributed by atoms with E-state index in [0.29, 0.717) is 26.8 Å². The molecular weight excluding hydrogens is 350 g/mol. The van der Waals surface area contributed by atoms with Crippen LogP contribution in [0.3, 0.4) is 0 Å². The van der Waals surface area contributed by atoms with E-state index in [0.717, 1.165) is 17.7 Å². The van der Waals surface area contributed by atoms with Gasteiger partial charge in [-0.2, -0.15) is 4.73 Å². The average molecular weight is 364 g/mol. The first-order valence-electron chi connectivity index (χ1n) is 8.26. The molecule has 4 rings (SSSR count). The second kappa shape index (κ2) is 6.32. The van der Waals surface area contributed by atoms with Gasteiger partial charge >= 0.3 is 0 Å². The molecule has 0 amide bonds. The third-order valence-electron chi connectivity index (χ3n) is 4.54. The molecule has 0 saturated heterocycles. The molecule has 0 radical (unpaired) electrons. The van der Waals surface area contributed by atoms with E-state index in [1.54, 1.807) is 12.1 Å². The number of nitrogens with zero attached hydrogens (tertiary/aromatic N) is 1. The zero-order valence-electron chi connectivity index (χ0n) is 14.3. The Morgan fingerprint density at radius 2 is 1.74 bits per heavy atom. The second-order valence-electron chi connectivity index (χ2n) is 6.27. The van der Waals surface area contributed by atoms with E-state index >= 15 is 0 Å². The lowest BCUT2D eigenvalue weighted by molar-refractivity contribution is -0.592. The summed E-state index contributed by atoms with van der Waals surface area (Å²) in [5, 5.41) is 13.0. The quantitative estimate of drug-likeness (QED) is 0.430. The molecule has 0 aliphatic heterocycles.